The number of ether oxygens (including phenoxy) is 1. The van der Waals surface area contributed by atoms with Gasteiger partial charge in [0.1, 0.15) is 12.4 Å². The van der Waals surface area contributed by atoms with Crippen molar-refractivity contribution in [3.8, 4) is 5.75 Å². The second-order valence-electron chi connectivity index (χ2n) is 2.25. The second kappa shape index (κ2) is 4.31. The van der Waals surface area contributed by atoms with Gasteiger partial charge in [0, 0.05) is 5.56 Å². The van der Waals surface area contributed by atoms with E-state index in [4.69, 9.17) is 4.74 Å². The summed E-state index contributed by atoms with van der Waals surface area (Å²) in [7, 11) is 0. The Bertz CT molecular complexity index is 268. The predicted octanol–water partition coefficient (Wildman–Crippen LogP) is 1.18. The molecule has 11 heavy (non-hydrogen) atoms. The third-order valence-corrected chi connectivity index (χ3v) is 1.55. The van der Waals surface area contributed by atoms with E-state index >= 15 is 0 Å². The van der Waals surface area contributed by atoms with Gasteiger partial charge in [-0.1, -0.05) is 24.3 Å². The molecule has 0 N–H and O–H groups in total. The Morgan fingerprint density at radius 3 is 2.82 bits per heavy atom. The fraction of sp³-hybridized carbons (Fsp3) is 0.111. The number of hydrogen-bond acceptors (Lipinski definition) is 1. The molecule has 1 aliphatic rings. The summed E-state index contributed by atoms with van der Waals surface area (Å²) >= 11 is 0. The summed E-state index contributed by atoms with van der Waals surface area (Å²) in [6.07, 6.45) is 4.10. The number of rotatable bonds is 0. The summed E-state index contributed by atoms with van der Waals surface area (Å²) in [5, 5.41) is 0. The zero-order chi connectivity index (χ0) is 6.81. The molecule has 2 rings (SSSR count). The van der Waals surface area contributed by atoms with Gasteiger partial charge in [-0.25, -0.2) is 0 Å². The van der Waals surface area contributed by atoms with Crippen molar-refractivity contribution >= 4 is 51.6 Å². The normalized spacial score (nSPS) is 12.7. The maximum absolute atomic E-state index is 5.34. The molecule has 0 unspecified atom stereocenters. The Labute approximate surface area is 103 Å². The molecule has 1 nitrogen and oxygen atoms in total. The molecule has 0 saturated heterocycles. The van der Waals surface area contributed by atoms with Crippen LogP contribution in [0.2, 0.25) is 0 Å². The summed E-state index contributed by atoms with van der Waals surface area (Å²) < 4.78 is 5.34. The van der Waals surface area contributed by atoms with E-state index in [0.29, 0.717) is 6.61 Å². The van der Waals surface area contributed by atoms with E-state index in [0.717, 1.165) is 5.75 Å². The van der Waals surface area contributed by atoms with E-state index in [9.17, 15) is 0 Å². The zero-order valence-electron chi connectivity index (χ0n) is 5.58. The van der Waals surface area contributed by atoms with Gasteiger partial charge in [-0.2, -0.15) is 0 Å². The van der Waals surface area contributed by atoms with E-state index in [1.807, 2.05) is 30.3 Å². The maximum atomic E-state index is 5.34. The van der Waals surface area contributed by atoms with E-state index in [-0.39, 0.29) is 45.5 Å². The first kappa shape index (κ1) is 9.33. The number of fused-ring (bicyclic) bond motifs is 1. The Morgan fingerprint density at radius 1 is 1.18 bits per heavy atom. The third-order valence-electron chi connectivity index (χ3n) is 1.55. The number of para-hydroxylation sites is 1. The van der Waals surface area contributed by atoms with Gasteiger partial charge in [-0.3, -0.25) is 0 Å². The minimum atomic E-state index is 0. The van der Waals surface area contributed by atoms with Crippen LogP contribution in [0.4, 0.5) is 0 Å². The minimum absolute atomic E-state index is 0. The number of benzene rings is 1. The molecule has 1 heterocycles. The first-order valence-corrected chi connectivity index (χ1v) is 3.35. The Hall–Kier alpha value is 0.241. The molecule has 0 spiro atoms. The Kier molecular flexibility index (Phi) is 3.66. The summed E-state index contributed by atoms with van der Waals surface area (Å²) in [5.41, 5.74) is 1.17. The van der Waals surface area contributed by atoms with Gasteiger partial charge in [0.15, 0.2) is 0 Å². The van der Waals surface area contributed by atoms with Crippen molar-refractivity contribution in [3.63, 3.8) is 0 Å². The standard InChI is InChI=1S/C9H8O.Sr.2H/c1-2-6-9-8(4-1)5-3-7-10-9;;;/h1-6H,7H2;;;. The van der Waals surface area contributed by atoms with Crippen LogP contribution in [-0.4, -0.2) is 52.1 Å². The van der Waals surface area contributed by atoms with Crippen molar-refractivity contribution in [3.05, 3.63) is 35.9 Å². The van der Waals surface area contributed by atoms with Crippen molar-refractivity contribution in [1.82, 2.24) is 0 Å². The monoisotopic (exact) mass is 222 g/mol. The molecular weight excluding hydrogens is 212 g/mol. The summed E-state index contributed by atoms with van der Waals surface area (Å²) in [4.78, 5) is 0. The molecule has 0 bridgehead atoms. The van der Waals surface area contributed by atoms with Crippen LogP contribution in [0, 0.1) is 0 Å². The molecule has 54 valence electrons. The zero-order valence-corrected chi connectivity index (χ0v) is 5.58. The molecule has 0 atom stereocenters. The van der Waals surface area contributed by atoms with Gasteiger partial charge < -0.3 is 4.74 Å². The molecule has 2 heteroatoms. The van der Waals surface area contributed by atoms with Crippen LogP contribution in [0.15, 0.2) is 30.3 Å². The first-order chi connectivity index (χ1) is 4.97. The average molecular weight is 222 g/mol. The molecule has 1 aromatic carbocycles. The van der Waals surface area contributed by atoms with E-state index < -0.39 is 0 Å². The second-order valence-corrected chi connectivity index (χ2v) is 2.25. The van der Waals surface area contributed by atoms with Crippen molar-refractivity contribution < 1.29 is 4.74 Å². The molecule has 0 fully saturated rings. The van der Waals surface area contributed by atoms with Crippen LogP contribution in [-0.2, 0) is 0 Å². The van der Waals surface area contributed by atoms with Crippen molar-refractivity contribution in [2.24, 2.45) is 0 Å². The Morgan fingerprint density at radius 2 is 2.00 bits per heavy atom. The van der Waals surface area contributed by atoms with Gasteiger partial charge in [0.25, 0.3) is 0 Å². The molecule has 0 aromatic heterocycles. The third kappa shape index (κ3) is 2.09. The first-order valence-electron chi connectivity index (χ1n) is 3.35. The van der Waals surface area contributed by atoms with Crippen molar-refractivity contribution in [2.45, 2.75) is 0 Å². The predicted molar refractivity (Wildman–Crippen MR) is 49.5 cm³/mol. The topological polar surface area (TPSA) is 9.23 Å². The van der Waals surface area contributed by atoms with Crippen molar-refractivity contribution in [2.75, 3.05) is 6.61 Å². The van der Waals surface area contributed by atoms with Gasteiger partial charge in [0.05, 0.1) is 0 Å². The Balaban J connectivity index is 0.000000605. The molecule has 0 aliphatic carbocycles. The van der Waals surface area contributed by atoms with Crippen LogP contribution < -0.4 is 4.74 Å². The van der Waals surface area contributed by atoms with E-state index in [2.05, 4.69) is 6.08 Å². The molecule has 1 aliphatic heterocycles. The van der Waals surface area contributed by atoms with Gasteiger partial charge in [-0.05, 0) is 12.1 Å². The quantitative estimate of drug-likeness (QED) is 0.598. The molecule has 0 radical (unpaired) electrons. The average Bonchev–Trinajstić information content (AvgIpc) is 2.05. The van der Waals surface area contributed by atoms with Crippen LogP contribution in [0.5, 0.6) is 5.75 Å². The molecule has 0 saturated carbocycles. The van der Waals surface area contributed by atoms with E-state index in [1.54, 1.807) is 0 Å². The fourth-order valence-electron chi connectivity index (χ4n) is 1.06. The van der Waals surface area contributed by atoms with Gasteiger partial charge in [-0.15, -0.1) is 0 Å². The molecule has 1 aromatic rings. The summed E-state index contributed by atoms with van der Waals surface area (Å²) in [6.45, 7) is 0.705. The van der Waals surface area contributed by atoms with E-state index in [1.165, 1.54) is 5.56 Å². The van der Waals surface area contributed by atoms with Gasteiger partial charge >= 0.3 is 45.5 Å². The SMILES string of the molecule is C1=Cc2ccccc2OC1.[SrH2]. The van der Waals surface area contributed by atoms with Gasteiger partial charge in [0.2, 0.25) is 0 Å². The molecular formula is C9H10OSr. The van der Waals surface area contributed by atoms with Crippen LogP contribution in [0.25, 0.3) is 6.08 Å². The van der Waals surface area contributed by atoms with Crippen molar-refractivity contribution in [1.29, 1.82) is 0 Å². The van der Waals surface area contributed by atoms with Crippen LogP contribution in [0.1, 0.15) is 5.56 Å². The van der Waals surface area contributed by atoms with Crippen LogP contribution in [0.3, 0.4) is 0 Å². The fourth-order valence-corrected chi connectivity index (χ4v) is 1.06. The number of hydrogen-bond donors (Lipinski definition) is 0. The molecule has 0 amide bonds. The van der Waals surface area contributed by atoms with Crippen LogP contribution >= 0.6 is 0 Å². The summed E-state index contributed by atoms with van der Waals surface area (Å²) in [6, 6.07) is 8.03. The summed E-state index contributed by atoms with van der Waals surface area (Å²) in [5.74, 6) is 0.991.